The molecule has 0 amide bonds. The largest absolute Gasteiger partial charge is 0.489 e. The Kier molecular flexibility index (Phi) is 10.3. The number of para-hydroxylation sites is 2. The molecule has 0 spiro atoms. The number of nitrogens with two attached hydrogens (primary N) is 1. The number of benzene rings is 4. The van der Waals surface area contributed by atoms with Gasteiger partial charge in [0, 0.05) is 36.3 Å². The van der Waals surface area contributed by atoms with Gasteiger partial charge >= 0.3 is 5.97 Å². The van der Waals surface area contributed by atoms with E-state index in [2.05, 4.69) is 24.0 Å². The average Bonchev–Trinajstić information content (AvgIpc) is 2.95. The van der Waals surface area contributed by atoms with Gasteiger partial charge in [0.25, 0.3) is 0 Å². The van der Waals surface area contributed by atoms with Gasteiger partial charge in [-0.3, -0.25) is 9.69 Å². The second kappa shape index (κ2) is 14.3. The Balaban J connectivity index is 1.51. The molecule has 4 aromatic carbocycles. The fourth-order valence-corrected chi connectivity index (χ4v) is 4.43. The maximum atomic E-state index is 14.2. The van der Waals surface area contributed by atoms with Gasteiger partial charge in [-0.2, -0.15) is 0 Å². The van der Waals surface area contributed by atoms with E-state index in [1.807, 2.05) is 60.7 Å². The Bertz CT molecular complexity index is 1410. The number of carbonyl (C=O) groups is 1. The molecular formula is C33H35FN2O4. The zero-order chi connectivity index (χ0) is 28.3. The monoisotopic (exact) mass is 542 g/mol. The molecule has 0 unspecified atom stereocenters. The first-order chi connectivity index (χ1) is 19.4. The molecule has 4 aromatic rings. The summed E-state index contributed by atoms with van der Waals surface area (Å²) in [5.74, 6) is 0.0601. The predicted molar refractivity (Wildman–Crippen MR) is 153 cm³/mol. The highest BCUT2D eigenvalue weighted by atomic mass is 19.1. The van der Waals surface area contributed by atoms with Crippen LogP contribution in [0.5, 0.6) is 11.5 Å². The molecule has 0 aliphatic heterocycles. The molecule has 6 nitrogen and oxygen atoms in total. The molecule has 40 heavy (non-hydrogen) atoms. The molecule has 3 N–H and O–H groups in total. The molecule has 0 aliphatic rings. The van der Waals surface area contributed by atoms with Crippen molar-refractivity contribution in [2.24, 2.45) is 5.73 Å². The number of halogens is 1. The van der Waals surface area contributed by atoms with E-state index in [1.165, 1.54) is 11.6 Å². The highest BCUT2D eigenvalue weighted by molar-refractivity contribution is 5.73. The van der Waals surface area contributed by atoms with Crippen LogP contribution in [0.25, 0.3) is 0 Å². The normalized spacial score (nSPS) is 11.8. The van der Waals surface area contributed by atoms with Crippen molar-refractivity contribution in [3.05, 3.63) is 131 Å². The van der Waals surface area contributed by atoms with E-state index in [0.29, 0.717) is 37.6 Å². The molecule has 0 heterocycles. The van der Waals surface area contributed by atoms with Crippen molar-refractivity contribution in [1.82, 2.24) is 4.90 Å². The summed E-state index contributed by atoms with van der Waals surface area (Å²) in [5.41, 5.74) is 10.5. The lowest BCUT2D eigenvalue weighted by atomic mass is 10.1. The van der Waals surface area contributed by atoms with Gasteiger partial charge in [-0.15, -0.1) is 0 Å². The Hall–Kier alpha value is -4.20. The quantitative estimate of drug-likeness (QED) is 0.200. The molecule has 0 fully saturated rings. The van der Waals surface area contributed by atoms with Crippen LogP contribution in [0.2, 0.25) is 0 Å². The Morgan fingerprint density at radius 2 is 1.40 bits per heavy atom. The summed E-state index contributed by atoms with van der Waals surface area (Å²) < 4.78 is 26.4. The molecule has 4 rings (SSSR count). The van der Waals surface area contributed by atoms with E-state index in [0.717, 1.165) is 22.4 Å². The van der Waals surface area contributed by atoms with E-state index < -0.39 is 12.0 Å². The van der Waals surface area contributed by atoms with E-state index >= 15 is 0 Å². The van der Waals surface area contributed by atoms with E-state index in [-0.39, 0.29) is 18.8 Å². The lowest BCUT2D eigenvalue weighted by Gasteiger charge is -2.25. The van der Waals surface area contributed by atoms with Crippen LogP contribution < -0.4 is 15.2 Å². The molecular weight excluding hydrogens is 507 g/mol. The topological polar surface area (TPSA) is 85.0 Å². The average molecular weight is 543 g/mol. The minimum Gasteiger partial charge on any atom is -0.489 e. The number of nitrogens with zero attached hydrogens (tertiary/aromatic N) is 1. The number of aliphatic carboxylic acids is 1. The third kappa shape index (κ3) is 8.40. The number of carboxylic acid groups (broad SMARTS) is 1. The third-order valence-electron chi connectivity index (χ3n) is 6.62. The first kappa shape index (κ1) is 28.8. The van der Waals surface area contributed by atoms with Gasteiger partial charge in [-0.25, -0.2) is 4.39 Å². The van der Waals surface area contributed by atoms with Crippen molar-refractivity contribution in [3.63, 3.8) is 0 Å². The summed E-state index contributed by atoms with van der Waals surface area (Å²) in [6, 6.07) is 29.2. The molecule has 0 radical (unpaired) electrons. The van der Waals surface area contributed by atoms with Gasteiger partial charge in [0.1, 0.15) is 36.6 Å². The highest BCUT2D eigenvalue weighted by Gasteiger charge is 2.18. The number of hydrogen-bond acceptors (Lipinski definition) is 5. The van der Waals surface area contributed by atoms with Crippen LogP contribution in [0.1, 0.15) is 34.2 Å². The second-order valence-electron chi connectivity index (χ2n) is 9.82. The molecule has 7 heteroatoms. The smallest absolute Gasteiger partial charge is 0.320 e. The first-order valence-corrected chi connectivity index (χ1v) is 13.3. The molecule has 0 saturated carbocycles. The van der Waals surface area contributed by atoms with Crippen LogP contribution in [0.15, 0.2) is 97.1 Å². The minimum absolute atomic E-state index is 0.100. The fraction of sp³-hybridized carbons (Fsp3) is 0.242. The van der Waals surface area contributed by atoms with Crippen LogP contribution in [-0.2, 0) is 31.1 Å². The van der Waals surface area contributed by atoms with Crippen molar-refractivity contribution >= 4 is 5.97 Å². The van der Waals surface area contributed by atoms with Gasteiger partial charge in [0.05, 0.1) is 0 Å². The summed E-state index contributed by atoms with van der Waals surface area (Å²) in [5, 5.41) is 9.35. The summed E-state index contributed by atoms with van der Waals surface area (Å²) in [6.07, 6.45) is 0.278. The number of rotatable bonds is 14. The number of aryl methyl sites for hydroxylation is 1. The number of carboxylic acids is 1. The van der Waals surface area contributed by atoms with Crippen LogP contribution >= 0.6 is 0 Å². The van der Waals surface area contributed by atoms with Crippen molar-refractivity contribution in [2.45, 2.75) is 45.7 Å². The van der Waals surface area contributed by atoms with Crippen molar-refractivity contribution < 1.29 is 23.8 Å². The van der Waals surface area contributed by atoms with E-state index in [9.17, 15) is 14.3 Å². The zero-order valence-electron chi connectivity index (χ0n) is 22.6. The second-order valence-corrected chi connectivity index (χ2v) is 9.82. The number of ether oxygens (including phenoxy) is 2. The number of hydrogen-bond donors (Lipinski definition) is 2. The van der Waals surface area contributed by atoms with Crippen LogP contribution in [0, 0.1) is 12.7 Å². The summed E-state index contributed by atoms with van der Waals surface area (Å²) >= 11 is 0. The van der Waals surface area contributed by atoms with Gasteiger partial charge < -0.3 is 20.3 Å². The molecule has 208 valence electrons. The van der Waals surface area contributed by atoms with Crippen molar-refractivity contribution in [3.8, 4) is 11.5 Å². The van der Waals surface area contributed by atoms with Crippen LogP contribution in [-0.4, -0.2) is 28.6 Å². The van der Waals surface area contributed by atoms with Crippen molar-refractivity contribution in [1.29, 1.82) is 0 Å². The lowest BCUT2D eigenvalue weighted by molar-refractivity contribution is -0.138. The van der Waals surface area contributed by atoms with Crippen LogP contribution in [0.4, 0.5) is 4.39 Å². The van der Waals surface area contributed by atoms with Crippen LogP contribution in [0.3, 0.4) is 0 Å². The van der Waals surface area contributed by atoms with Gasteiger partial charge in [-0.05, 0) is 37.1 Å². The van der Waals surface area contributed by atoms with E-state index in [1.54, 1.807) is 18.2 Å². The summed E-state index contributed by atoms with van der Waals surface area (Å²) in [4.78, 5) is 13.5. The molecule has 0 aromatic heterocycles. The Morgan fingerprint density at radius 1 is 0.825 bits per heavy atom. The lowest BCUT2D eigenvalue weighted by Crippen LogP contribution is -2.35. The van der Waals surface area contributed by atoms with E-state index in [4.69, 9.17) is 15.2 Å². The molecule has 1 atom stereocenters. The Morgan fingerprint density at radius 3 is 2.00 bits per heavy atom. The van der Waals surface area contributed by atoms with Gasteiger partial charge in [0.2, 0.25) is 0 Å². The standard InChI is InChI=1S/C33H35FN2O4/c1-24-9-8-10-25(19-24)22-39-31-15-6-3-11-26(31)20-36(18-17-30(35)33(37)38)21-27-12-4-7-16-32(27)40-23-28-13-2-5-14-29(28)34/h2-16,19,30H,17-18,20-23,35H2,1H3,(H,37,38)/t30-/m0/s1. The Labute approximate surface area is 234 Å². The maximum absolute atomic E-state index is 14.2. The molecule has 0 saturated heterocycles. The zero-order valence-corrected chi connectivity index (χ0v) is 22.6. The van der Waals surface area contributed by atoms with Gasteiger partial charge in [-0.1, -0.05) is 84.4 Å². The summed E-state index contributed by atoms with van der Waals surface area (Å²) in [6.45, 7) is 4.03. The molecule has 0 aliphatic carbocycles. The molecule has 0 bridgehead atoms. The fourth-order valence-electron chi connectivity index (χ4n) is 4.43. The highest BCUT2D eigenvalue weighted by Crippen LogP contribution is 2.26. The first-order valence-electron chi connectivity index (χ1n) is 13.3. The summed E-state index contributed by atoms with van der Waals surface area (Å²) in [7, 11) is 0. The minimum atomic E-state index is -1.03. The predicted octanol–water partition coefficient (Wildman–Crippen LogP) is 6.10. The SMILES string of the molecule is Cc1cccc(COc2ccccc2CN(CC[C@H](N)C(=O)O)Cc2ccccc2OCc2ccccc2F)c1. The van der Waals surface area contributed by atoms with Crippen molar-refractivity contribution in [2.75, 3.05) is 6.54 Å². The third-order valence-corrected chi connectivity index (χ3v) is 6.62. The van der Waals surface area contributed by atoms with Gasteiger partial charge in [0.15, 0.2) is 0 Å². The maximum Gasteiger partial charge on any atom is 0.320 e.